The Morgan fingerprint density at radius 1 is 1.35 bits per heavy atom. The predicted octanol–water partition coefficient (Wildman–Crippen LogP) is 2.62. The predicted molar refractivity (Wildman–Crippen MR) is 74.5 cm³/mol. The van der Waals surface area contributed by atoms with E-state index in [1.807, 2.05) is 0 Å². The first-order valence-electron chi connectivity index (χ1n) is 6.13. The summed E-state index contributed by atoms with van der Waals surface area (Å²) in [6.07, 6.45) is 1.06. The van der Waals surface area contributed by atoms with Gasteiger partial charge < -0.3 is 11.1 Å². The molecule has 1 heterocycles. The fourth-order valence-electron chi connectivity index (χ4n) is 1.54. The summed E-state index contributed by atoms with van der Waals surface area (Å²) in [7, 11) is 0. The average Bonchev–Trinajstić information content (AvgIpc) is 2.63. The van der Waals surface area contributed by atoms with Crippen LogP contribution in [0.25, 0.3) is 0 Å². The van der Waals surface area contributed by atoms with Crippen molar-refractivity contribution < 1.29 is 0 Å². The molecule has 0 amide bonds. The molecule has 0 saturated heterocycles. The van der Waals surface area contributed by atoms with E-state index in [1.165, 1.54) is 11.5 Å². The second-order valence-corrected chi connectivity index (χ2v) is 6.63. The third kappa shape index (κ3) is 4.60. The zero-order valence-electron chi connectivity index (χ0n) is 11.4. The third-order valence-electron chi connectivity index (χ3n) is 2.46. The fraction of sp³-hybridized carbons (Fsp3) is 0.833. The van der Waals surface area contributed by atoms with Gasteiger partial charge in [-0.25, -0.2) is 4.98 Å². The SMILES string of the molecule is CC(C)CC(CN)Nc1nc(C(C)(C)C)ns1. The summed E-state index contributed by atoms with van der Waals surface area (Å²) in [6.45, 7) is 11.4. The van der Waals surface area contributed by atoms with Gasteiger partial charge in [0.2, 0.25) is 5.13 Å². The highest BCUT2D eigenvalue weighted by molar-refractivity contribution is 7.09. The summed E-state index contributed by atoms with van der Waals surface area (Å²) >= 11 is 1.42. The minimum absolute atomic E-state index is 0.00664. The Bertz CT molecular complexity index is 341. The monoisotopic (exact) mass is 256 g/mol. The smallest absolute Gasteiger partial charge is 0.202 e. The highest BCUT2D eigenvalue weighted by Gasteiger charge is 2.20. The molecule has 0 aliphatic rings. The molecule has 0 spiro atoms. The van der Waals surface area contributed by atoms with Gasteiger partial charge in [0.05, 0.1) is 0 Å². The van der Waals surface area contributed by atoms with Gasteiger partial charge in [-0.05, 0) is 12.3 Å². The lowest BCUT2D eigenvalue weighted by atomic mass is 9.96. The summed E-state index contributed by atoms with van der Waals surface area (Å²) in [4.78, 5) is 4.52. The zero-order valence-corrected chi connectivity index (χ0v) is 12.3. The molecule has 1 aromatic rings. The number of nitrogens with two attached hydrogens (primary N) is 1. The first-order chi connectivity index (χ1) is 7.82. The van der Waals surface area contributed by atoms with Crippen molar-refractivity contribution in [2.24, 2.45) is 11.7 Å². The number of nitrogens with one attached hydrogen (secondary N) is 1. The van der Waals surface area contributed by atoms with Crippen molar-refractivity contribution >= 4 is 16.7 Å². The maximum atomic E-state index is 5.76. The average molecular weight is 256 g/mol. The van der Waals surface area contributed by atoms with Gasteiger partial charge in [0.1, 0.15) is 5.82 Å². The van der Waals surface area contributed by atoms with Gasteiger partial charge in [-0.2, -0.15) is 4.37 Å². The van der Waals surface area contributed by atoms with Gasteiger partial charge in [0.25, 0.3) is 0 Å². The summed E-state index contributed by atoms with van der Waals surface area (Å²) < 4.78 is 4.38. The Kier molecular flexibility index (Phi) is 4.89. The van der Waals surface area contributed by atoms with Crippen LogP contribution in [0.3, 0.4) is 0 Å². The Morgan fingerprint density at radius 3 is 2.41 bits per heavy atom. The molecule has 0 aliphatic heterocycles. The van der Waals surface area contributed by atoms with E-state index in [0.29, 0.717) is 12.5 Å². The van der Waals surface area contributed by atoms with Crippen LogP contribution in [0, 0.1) is 5.92 Å². The van der Waals surface area contributed by atoms with Crippen molar-refractivity contribution in [1.29, 1.82) is 0 Å². The molecule has 5 heteroatoms. The van der Waals surface area contributed by atoms with E-state index in [1.54, 1.807) is 0 Å². The summed E-state index contributed by atoms with van der Waals surface area (Å²) in [5, 5.41) is 4.25. The molecule has 0 bridgehead atoms. The quantitative estimate of drug-likeness (QED) is 0.850. The molecular formula is C12H24N4S. The maximum Gasteiger partial charge on any atom is 0.202 e. The number of hydrogen-bond acceptors (Lipinski definition) is 5. The molecule has 0 fully saturated rings. The molecular weight excluding hydrogens is 232 g/mol. The van der Waals surface area contributed by atoms with E-state index < -0.39 is 0 Å². The van der Waals surface area contributed by atoms with Gasteiger partial charge >= 0.3 is 0 Å². The third-order valence-corrected chi connectivity index (χ3v) is 3.11. The number of anilines is 1. The highest BCUT2D eigenvalue weighted by Crippen LogP contribution is 2.23. The molecule has 0 aromatic carbocycles. The second kappa shape index (κ2) is 5.78. The molecule has 0 radical (unpaired) electrons. The van der Waals surface area contributed by atoms with Crippen molar-refractivity contribution in [3.63, 3.8) is 0 Å². The van der Waals surface area contributed by atoms with Gasteiger partial charge in [0.15, 0.2) is 0 Å². The minimum Gasteiger partial charge on any atom is -0.356 e. The van der Waals surface area contributed by atoms with Gasteiger partial charge in [0, 0.05) is 29.5 Å². The molecule has 0 saturated carbocycles. The topological polar surface area (TPSA) is 63.8 Å². The summed E-state index contributed by atoms with van der Waals surface area (Å²) in [5.41, 5.74) is 5.76. The van der Waals surface area contributed by atoms with Crippen LogP contribution in [0.4, 0.5) is 5.13 Å². The molecule has 98 valence electrons. The molecule has 1 rings (SSSR count). The van der Waals surface area contributed by atoms with E-state index >= 15 is 0 Å². The molecule has 4 nitrogen and oxygen atoms in total. The zero-order chi connectivity index (χ0) is 13.1. The standard InChI is InChI=1S/C12H24N4S/c1-8(2)6-9(7-13)14-11-15-10(16-17-11)12(3,4)5/h8-9H,6-7,13H2,1-5H3,(H,14,15,16). The maximum absolute atomic E-state index is 5.76. The van der Waals surface area contributed by atoms with Crippen molar-refractivity contribution in [2.75, 3.05) is 11.9 Å². The van der Waals surface area contributed by atoms with E-state index in [9.17, 15) is 0 Å². The molecule has 17 heavy (non-hydrogen) atoms. The molecule has 3 N–H and O–H groups in total. The van der Waals surface area contributed by atoms with E-state index in [-0.39, 0.29) is 11.5 Å². The van der Waals surface area contributed by atoms with Crippen LogP contribution in [0.15, 0.2) is 0 Å². The first kappa shape index (κ1) is 14.4. The van der Waals surface area contributed by atoms with E-state index in [4.69, 9.17) is 5.73 Å². The van der Waals surface area contributed by atoms with Crippen molar-refractivity contribution in [3.05, 3.63) is 5.82 Å². The first-order valence-corrected chi connectivity index (χ1v) is 6.91. The Balaban J connectivity index is 2.65. The molecule has 1 atom stereocenters. The van der Waals surface area contributed by atoms with Crippen molar-refractivity contribution in [3.8, 4) is 0 Å². The lowest BCUT2D eigenvalue weighted by Gasteiger charge is -2.18. The lowest BCUT2D eigenvalue weighted by molar-refractivity contribution is 0.520. The largest absolute Gasteiger partial charge is 0.356 e. The molecule has 1 aromatic heterocycles. The van der Waals surface area contributed by atoms with Crippen LogP contribution in [-0.4, -0.2) is 21.9 Å². The van der Waals surface area contributed by atoms with Gasteiger partial charge in [-0.1, -0.05) is 34.6 Å². The normalized spacial score (nSPS) is 14.1. The summed E-state index contributed by atoms with van der Waals surface area (Å²) in [6, 6.07) is 0.288. The van der Waals surface area contributed by atoms with Crippen molar-refractivity contribution in [1.82, 2.24) is 9.36 Å². The van der Waals surface area contributed by atoms with E-state index in [2.05, 4.69) is 49.3 Å². The Hall–Kier alpha value is -0.680. The van der Waals surface area contributed by atoms with Crippen LogP contribution in [-0.2, 0) is 5.41 Å². The van der Waals surface area contributed by atoms with Gasteiger partial charge in [-0.15, -0.1) is 0 Å². The molecule has 0 aliphatic carbocycles. The fourth-order valence-corrected chi connectivity index (χ4v) is 2.38. The summed E-state index contributed by atoms with van der Waals surface area (Å²) in [5.74, 6) is 1.52. The van der Waals surface area contributed by atoms with Crippen LogP contribution in [0.2, 0.25) is 0 Å². The van der Waals surface area contributed by atoms with E-state index in [0.717, 1.165) is 17.4 Å². The van der Waals surface area contributed by atoms with Crippen LogP contribution in [0.5, 0.6) is 0 Å². The Labute approximate surface area is 108 Å². The number of rotatable bonds is 5. The number of aromatic nitrogens is 2. The van der Waals surface area contributed by atoms with Gasteiger partial charge in [-0.3, -0.25) is 0 Å². The lowest BCUT2D eigenvalue weighted by Crippen LogP contribution is -2.30. The van der Waals surface area contributed by atoms with Crippen LogP contribution >= 0.6 is 11.5 Å². The number of hydrogen-bond donors (Lipinski definition) is 2. The van der Waals surface area contributed by atoms with Crippen molar-refractivity contribution in [2.45, 2.75) is 52.5 Å². The molecule has 1 unspecified atom stereocenters. The van der Waals surface area contributed by atoms with Crippen LogP contribution in [0.1, 0.15) is 46.9 Å². The minimum atomic E-state index is 0.00664. The highest BCUT2D eigenvalue weighted by atomic mass is 32.1. The Morgan fingerprint density at radius 2 is 2.00 bits per heavy atom. The second-order valence-electron chi connectivity index (χ2n) is 5.88. The number of nitrogens with zero attached hydrogens (tertiary/aromatic N) is 2. The van der Waals surface area contributed by atoms with Crippen LogP contribution < -0.4 is 11.1 Å².